The lowest BCUT2D eigenvalue weighted by Gasteiger charge is -2.43. The molecule has 0 radical (unpaired) electrons. The second kappa shape index (κ2) is 13.7. The van der Waals surface area contributed by atoms with E-state index in [1.807, 2.05) is 40.3 Å². The summed E-state index contributed by atoms with van der Waals surface area (Å²) in [5, 5.41) is 20.1. The molecule has 4 aromatic rings. The predicted molar refractivity (Wildman–Crippen MR) is 176 cm³/mol. The molecule has 2 fully saturated rings. The number of rotatable bonds is 9. The van der Waals surface area contributed by atoms with Gasteiger partial charge in [0.15, 0.2) is 0 Å². The topological polar surface area (TPSA) is 120 Å². The number of nitrogens with zero attached hydrogens (tertiary/aromatic N) is 5. The Balaban J connectivity index is 1.30. The third-order valence-corrected chi connectivity index (χ3v) is 9.75. The van der Waals surface area contributed by atoms with Gasteiger partial charge in [0.05, 0.1) is 17.0 Å². The minimum absolute atomic E-state index is 0.0165. The molecule has 3 heterocycles. The summed E-state index contributed by atoms with van der Waals surface area (Å²) in [7, 11) is 0. The van der Waals surface area contributed by atoms with E-state index in [1.165, 1.54) is 13.3 Å². The highest BCUT2D eigenvalue weighted by Gasteiger charge is 2.41. The van der Waals surface area contributed by atoms with Crippen molar-refractivity contribution in [3.63, 3.8) is 0 Å². The summed E-state index contributed by atoms with van der Waals surface area (Å²) in [4.78, 5) is 35.1. The number of hydrogen-bond acceptors (Lipinski definition) is 8. The van der Waals surface area contributed by atoms with Gasteiger partial charge in [0, 0.05) is 43.7 Å². The third-order valence-electron chi connectivity index (χ3n) is 9.75. The number of fused-ring (bicyclic) bond motifs is 1. The highest BCUT2D eigenvalue weighted by Crippen LogP contribution is 2.42. The van der Waals surface area contributed by atoms with Crippen molar-refractivity contribution in [2.45, 2.75) is 90.2 Å². The number of aryl methyl sites for hydroxylation is 1. The van der Waals surface area contributed by atoms with Gasteiger partial charge in [-0.25, -0.2) is 9.31 Å². The van der Waals surface area contributed by atoms with Gasteiger partial charge in [-0.15, -0.1) is 0 Å². The van der Waals surface area contributed by atoms with E-state index in [0.29, 0.717) is 50.4 Å². The van der Waals surface area contributed by atoms with Crippen LogP contribution in [0.1, 0.15) is 94.1 Å². The molecule has 2 aliphatic rings. The van der Waals surface area contributed by atoms with Crippen LogP contribution >= 0.6 is 0 Å². The number of hydrogen-bond donors (Lipinski definition) is 1. The predicted octanol–water partition coefficient (Wildman–Crippen LogP) is 5.66. The Hall–Kier alpha value is -4.15. The summed E-state index contributed by atoms with van der Waals surface area (Å²) in [6.07, 6.45) is 8.13. The maximum atomic E-state index is 14.4. The van der Waals surface area contributed by atoms with Crippen molar-refractivity contribution in [3.8, 4) is 11.1 Å². The van der Waals surface area contributed by atoms with Crippen LogP contribution in [0.15, 0.2) is 64.8 Å². The molecule has 1 aliphatic carbocycles. The number of aromatic nitrogens is 4. The van der Waals surface area contributed by atoms with Gasteiger partial charge in [-0.3, -0.25) is 9.36 Å². The second-order valence-electron chi connectivity index (χ2n) is 12.7. The van der Waals surface area contributed by atoms with E-state index in [1.54, 1.807) is 0 Å². The van der Waals surface area contributed by atoms with Crippen LogP contribution in [0.4, 0.5) is 0 Å². The lowest BCUT2D eigenvalue weighted by Crippen LogP contribution is -2.45. The van der Waals surface area contributed by atoms with Gasteiger partial charge in [0.2, 0.25) is 5.78 Å². The quantitative estimate of drug-likeness (QED) is 0.145. The largest absolute Gasteiger partial charge is 0.390 e. The van der Waals surface area contributed by atoms with Crippen LogP contribution in [0.2, 0.25) is 0 Å². The Bertz CT molecular complexity index is 1780. The van der Waals surface area contributed by atoms with E-state index in [0.717, 1.165) is 65.6 Å². The highest BCUT2D eigenvalue weighted by atomic mass is 16.7. The minimum Gasteiger partial charge on any atom is -0.390 e. The molecule has 6 rings (SSSR count). The Labute approximate surface area is 269 Å². The zero-order valence-electron chi connectivity index (χ0n) is 26.9. The average molecular weight is 626 g/mol. The maximum absolute atomic E-state index is 14.4. The lowest BCUT2D eigenvalue weighted by molar-refractivity contribution is -0.140. The third kappa shape index (κ3) is 6.41. The molecule has 2 aromatic heterocycles. The SMILES string of the molecule is CCCc1c(Cc2ccc(-c3ccccc3/C(C)=N/OC(C)=O)cc2)c(=O)n(C2CCC(O)(C3CCOCC3)CC2)c2ncnn12. The van der Waals surface area contributed by atoms with Crippen molar-refractivity contribution < 1.29 is 19.5 Å². The fraction of sp³-hybridized carbons (Fsp3) is 0.472. The molecule has 46 heavy (non-hydrogen) atoms. The van der Waals surface area contributed by atoms with Crippen LogP contribution in [0, 0.1) is 5.92 Å². The molecule has 1 saturated carbocycles. The summed E-state index contributed by atoms with van der Waals surface area (Å²) in [5.41, 5.74) is 5.38. The molecule has 2 aromatic carbocycles. The zero-order chi connectivity index (χ0) is 32.3. The first kappa shape index (κ1) is 31.8. The van der Waals surface area contributed by atoms with Crippen LogP contribution in [-0.2, 0) is 27.2 Å². The van der Waals surface area contributed by atoms with Crippen molar-refractivity contribution in [2.24, 2.45) is 11.1 Å². The van der Waals surface area contributed by atoms with Crippen molar-refractivity contribution in [1.29, 1.82) is 0 Å². The molecule has 10 nitrogen and oxygen atoms in total. The molecule has 0 unspecified atom stereocenters. The Kier molecular flexibility index (Phi) is 9.47. The molecule has 0 bridgehead atoms. The summed E-state index contributed by atoms with van der Waals surface area (Å²) in [6, 6.07) is 16.0. The normalized spacial score (nSPS) is 21.0. The fourth-order valence-electron chi connectivity index (χ4n) is 7.32. The van der Waals surface area contributed by atoms with Crippen LogP contribution < -0.4 is 5.56 Å². The van der Waals surface area contributed by atoms with E-state index in [9.17, 15) is 14.7 Å². The number of oxime groups is 1. The summed E-state index contributed by atoms with van der Waals surface area (Å²) < 4.78 is 9.24. The van der Waals surface area contributed by atoms with E-state index >= 15 is 0 Å². The van der Waals surface area contributed by atoms with E-state index < -0.39 is 11.6 Å². The lowest BCUT2D eigenvalue weighted by atomic mass is 9.71. The summed E-state index contributed by atoms with van der Waals surface area (Å²) >= 11 is 0. The van der Waals surface area contributed by atoms with Gasteiger partial charge in [0.25, 0.3) is 5.56 Å². The first-order chi connectivity index (χ1) is 22.3. The molecule has 0 amide bonds. The van der Waals surface area contributed by atoms with Crippen LogP contribution in [-0.4, -0.2) is 54.8 Å². The molecular weight excluding hydrogens is 582 g/mol. The molecule has 0 spiro atoms. The zero-order valence-corrected chi connectivity index (χ0v) is 26.9. The number of carbonyl (C=O) groups excluding carboxylic acids is 1. The number of carbonyl (C=O) groups is 1. The molecule has 1 saturated heterocycles. The monoisotopic (exact) mass is 625 g/mol. The average Bonchev–Trinajstić information content (AvgIpc) is 3.56. The maximum Gasteiger partial charge on any atom is 0.331 e. The highest BCUT2D eigenvalue weighted by molar-refractivity contribution is 6.04. The van der Waals surface area contributed by atoms with Gasteiger partial charge in [-0.2, -0.15) is 10.1 Å². The Morgan fingerprint density at radius 3 is 2.48 bits per heavy atom. The number of benzene rings is 2. The van der Waals surface area contributed by atoms with Crippen molar-refractivity contribution in [1.82, 2.24) is 19.2 Å². The molecule has 10 heteroatoms. The van der Waals surface area contributed by atoms with E-state index in [4.69, 9.17) is 9.57 Å². The smallest absolute Gasteiger partial charge is 0.331 e. The van der Waals surface area contributed by atoms with Gasteiger partial charge >= 0.3 is 5.97 Å². The van der Waals surface area contributed by atoms with Crippen LogP contribution in [0.25, 0.3) is 16.9 Å². The number of aliphatic hydroxyl groups is 1. The first-order valence-electron chi connectivity index (χ1n) is 16.5. The molecule has 242 valence electrons. The fourth-order valence-corrected chi connectivity index (χ4v) is 7.32. The van der Waals surface area contributed by atoms with Crippen molar-refractivity contribution >= 4 is 17.5 Å². The summed E-state index contributed by atoms with van der Waals surface area (Å²) in [6.45, 7) is 6.65. The van der Waals surface area contributed by atoms with Crippen LogP contribution in [0.5, 0.6) is 0 Å². The van der Waals surface area contributed by atoms with Gasteiger partial charge in [-0.05, 0) is 74.5 Å². The molecular formula is C36H43N5O5. The van der Waals surface area contributed by atoms with Gasteiger partial charge < -0.3 is 14.7 Å². The molecule has 0 atom stereocenters. The van der Waals surface area contributed by atoms with E-state index in [-0.39, 0.29) is 17.5 Å². The first-order valence-corrected chi connectivity index (χ1v) is 16.5. The van der Waals surface area contributed by atoms with Crippen LogP contribution in [0.3, 0.4) is 0 Å². The standard InChI is InChI=1S/C36H43N5O5/c1-4-7-33-32(22-26-10-12-27(13-11-26)31-9-6-5-8-30(31)24(2)39-46-25(3)42)34(43)40(35-37-23-38-41(33)35)29-14-18-36(44,19-15-29)28-16-20-45-21-17-28/h5-6,8-13,23,28-29,44H,4,7,14-22H2,1-3H3/b39-24+. The summed E-state index contributed by atoms with van der Waals surface area (Å²) in [5.74, 6) is 0.359. The minimum atomic E-state index is -0.704. The Morgan fingerprint density at radius 1 is 1.07 bits per heavy atom. The van der Waals surface area contributed by atoms with Gasteiger partial charge in [0.1, 0.15) is 6.33 Å². The van der Waals surface area contributed by atoms with Gasteiger partial charge in [-0.1, -0.05) is 67.0 Å². The van der Waals surface area contributed by atoms with Crippen molar-refractivity contribution in [3.05, 3.63) is 87.6 Å². The van der Waals surface area contributed by atoms with E-state index in [2.05, 4.69) is 46.4 Å². The Morgan fingerprint density at radius 2 is 1.78 bits per heavy atom. The molecule has 1 N–H and O–H groups in total. The molecule has 1 aliphatic heterocycles. The van der Waals surface area contributed by atoms with Crippen molar-refractivity contribution in [2.75, 3.05) is 13.2 Å². The second-order valence-corrected chi connectivity index (χ2v) is 12.7. The number of ether oxygens (including phenoxy) is 1.